The molecule has 10 aromatic rings. The molecule has 0 aliphatic rings. The van der Waals surface area contributed by atoms with Crippen LogP contribution in [0.2, 0.25) is 0 Å². The minimum absolute atomic E-state index is 0.880. The van der Waals surface area contributed by atoms with E-state index in [0.717, 1.165) is 50.1 Å². The van der Waals surface area contributed by atoms with Crippen LogP contribution in [0.3, 0.4) is 0 Å². The Morgan fingerprint density at radius 2 is 0.979 bits per heavy atom. The molecule has 1 heterocycles. The zero-order valence-electron chi connectivity index (χ0n) is 26.1. The molecule has 0 saturated carbocycles. The highest BCUT2D eigenvalue weighted by Gasteiger charge is 2.24. The summed E-state index contributed by atoms with van der Waals surface area (Å²) < 4.78 is 6.76. The van der Waals surface area contributed by atoms with Gasteiger partial charge in [-0.15, -0.1) is 0 Å². The van der Waals surface area contributed by atoms with Gasteiger partial charge in [-0.3, -0.25) is 0 Å². The lowest BCUT2D eigenvalue weighted by molar-refractivity contribution is 0.670. The van der Waals surface area contributed by atoms with Crippen molar-refractivity contribution in [2.24, 2.45) is 0 Å². The second kappa shape index (κ2) is 10.6. The van der Waals surface area contributed by atoms with Crippen LogP contribution in [-0.2, 0) is 0 Å². The Hall–Kier alpha value is -6.38. The van der Waals surface area contributed by atoms with Gasteiger partial charge in [-0.2, -0.15) is 0 Å². The summed E-state index contributed by atoms with van der Waals surface area (Å²) in [5.41, 5.74) is 7.29. The summed E-state index contributed by atoms with van der Waals surface area (Å²) in [6.07, 6.45) is 0. The second-order valence-electron chi connectivity index (χ2n) is 12.5. The molecule has 1 aromatic heterocycles. The molecule has 10 rings (SSSR count). The molecule has 2 heteroatoms. The van der Waals surface area contributed by atoms with E-state index >= 15 is 0 Å². The van der Waals surface area contributed by atoms with Crippen LogP contribution >= 0.6 is 0 Å². The number of fused-ring (bicyclic) bond motifs is 9. The maximum Gasteiger partial charge on any atom is 0.145 e. The average Bonchev–Trinajstić information content (AvgIpc) is 3.55. The van der Waals surface area contributed by atoms with Crippen LogP contribution in [0.5, 0.6) is 0 Å². The topological polar surface area (TPSA) is 16.4 Å². The third-order valence-corrected chi connectivity index (χ3v) is 9.81. The van der Waals surface area contributed by atoms with Crippen LogP contribution < -0.4 is 4.90 Å². The Kier molecular flexibility index (Phi) is 5.91. The van der Waals surface area contributed by atoms with Crippen molar-refractivity contribution in [3.05, 3.63) is 176 Å². The lowest BCUT2D eigenvalue weighted by Gasteiger charge is -2.29. The molecular formula is C46H29NO. The first-order chi connectivity index (χ1) is 23.8. The number of benzene rings is 9. The van der Waals surface area contributed by atoms with E-state index in [-0.39, 0.29) is 0 Å². The van der Waals surface area contributed by atoms with Crippen molar-refractivity contribution in [2.45, 2.75) is 0 Å². The van der Waals surface area contributed by atoms with Crippen molar-refractivity contribution in [3.8, 4) is 11.1 Å². The summed E-state index contributed by atoms with van der Waals surface area (Å²) in [5, 5.41) is 12.0. The van der Waals surface area contributed by atoms with E-state index in [1.165, 1.54) is 43.1 Å². The Labute approximate surface area is 277 Å². The van der Waals surface area contributed by atoms with Crippen molar-refractivity contribution in [2.75, 3.05) is 4.90 Å². The van der Waals surface area contributed by atoms with Crippen LogP contribution in [0.25, 0.3) is 76.2 Å². The smallest absolute Gasteiger partial charge is 0.145 e. The highest BCUT2D eigenvalue weighted by atomic mass is 16.3. The largest absolute Gasteiger partial charge is 0.455 e. The average molecular weight is 612 g/mol. The van der Waals surface area contributed by atoms with E-state index < -0.39 is 0 Å². The minimum atomic E-state index is 0.880. The minimum Gasteiger partial charge on any atom is -0.455 e. The number of furan rings is 1. The predicted octanol–water partition coefficient (Wildman–Crippen LogP) is 13.3. The number of hydrogen-bond donors (Lipinski definition) is 0. The lowest BCUT2D eigenvalue weighted by atomic mass is 9.96. The Balaban J connectivity index is 1.36. The zero-order valence-corrected chi connectivity index (χ0v) is 26.1. The standard InChI is InChI=1S/C46H29NO/c1-2-11-30(12-3-1)38-27-28-42(45-39-18-8-9-20-43(39)48-46(38)45)47(35-26-25-33-22-21-31-13-4-6-16-36(31)40(33)29-35)41-19-10-15-34-24-23-32-14-5-7-17-37(32)44(34)41/h1-29H. The van der Waals surface area contributed by atoms with E-state index in [0.29, 0.717) is 0 Å². The molecule has 0 N–H and O–H groups in total. The number of rotatable bonds is 4. The van der Waals surface area contributed by atoms with Crippen molar-refractivity contribution >= 4 is 82.1 Å². The molecule has 9 aromatic carbocycles. The maximum atomic E-state index is 6.76. The molecule has 0 fully saturated rings. The zero-order chi connectivity index (χ0) is 31.6. The summed E-state index contributed by atoms with van der Waals surface area (Å²) in [6, 6.07) is 63.3. The van der Waals surface area contributed by atoms with E-state index in [4.69, 9.17) is 4.42 Å². The van der Waals surface area contributed by atoms with Gasteiger partial charge >= 0.3 is 0 Å². The van der Waals surface area contributed by atoms with Gasteiger partial charge in [0, 0.05) is 22.0 Å². The van der Waals surface area contributed by atoms with E-state index in [2.05, 4.69) is 181 Å². The second-order valence-corrected chi connectivity index (χ2v) is 12.5. The maximum absolute atomic E-state index is 6.76. The molecular weight excluding hydrogens is 583 g/mol. The SMILES string of the molecule is c1ccc(-c2ccc(N(c3ccc4ccc5ccccc5c4c3)c3cccc4ccc5ccccc5c34)c3c2oc2ccccc23)cc1. The summed E-state index contributed by atoms with van der Waals surface area (Å²) >= 11 is 0. The number of nitrogens with zero attached hydrogens (tertiary/aromatic N) is 1. The van der Waals surface area contributed by atoms with Crippen molar-refractivity contribution in [1.82, 2.24) is 0 Å². The third-order valence-electron chi connectivity index (χ3n) is 9.81. The van der Waals surface area contributed by atoms with E-state index in [1.807, 2.05) is 0 Å². The van der Waals surface area contributed by atoms with Crippen molar-refractivity contribution in [1.29, 1.82) is 0 Å². The highest BCUT2D eigenvalue weighted by Crippen LogP contribution is 2.48. The van der Waals surface area contributed by atoms with Crippen molar-refractivity contribution in [3.63, 3.8) is 0 Å². The monoisotopic (exact) mass is 611 g/mol. The van der Waals surface area contributed by atoms with Crippen LogP contribution in [0, 0.1) is 0 Å². The van der Waals surface area contributed by atoms with Gasteiger partial charge in [-0.05, 0) is 79.7 Å². The number of para-hydroxylation sites is 1. The van der Waals surface area contributed by atoms with Crippen LogP contribution in [0.1, 0.15) is 0 Å². The van der Waals surface area contributed by atoms with E-state index in [1.54, 1.807) is 0 Å². The molecule has 0 atom stereocenters. The third kappa shape index (κ3) is 4.06. The molecule has 48 heavy (non-hydrogen) atoms. The Bertz CT molecular complexity index is 2850. The molecule has 2 nitrogen and oxygen atoms in total. The summed E-state index contributed by atoms with van der Waals surface area (Å²) in [7, 11) is 0. The first-order valence-corrected chi connectivity index (χ1v) is 16.4. The molecule has 224 valence electrons. The first-order valence-electron chi connectivity index (χ1n) is 16.4. The van der Waals surface area contributed by atoms with E-state index in [9.17, 15) is 0 Å². The summed E-state index contributed by atoms with van der Waals surface area (Å²) in [6.45, 7) is 0. The van der Waals surface area contributed by atoms with Gasteiger partial charge in [0.1, 0.15) is 11.2 Å². The van der Waals surface area contributed by atoms with Gasteiger partial charge in [-0.25, -0.2) is 0 Å². The molecule has 0 saturated heterocycles. The molecule has 0 spiro atoms. The normalized spacial score (nSPS) is 11.8. The predicted molar refractivity (Wildman–Crippen MR) is 204 cm³/mol. The fraction of sp³-hybridized carbons (Fsp3) is 0. The highest BCUT2D eigenvalue weighted by molar-refractivity contribution is 6.21. The molecule has 0 aliphatic heterocycles. The fourth-order valence-electron chi connectivity index (χ4n) is 7.60. The van der Waals surface area contributed by atoms with Crippen LogP contribution in [0.4, 0.5) is 17.1 Å². The molecule has 0 aliphatic carbocycles. The summed E-state index contributed by atoms with van der Waals surface area (Å²) in [5.74, 6) is 0. The van der Waals surface area contributed by atoms with Gasteiger partial charge in [0.15, 0.2) is 0 Å². The van der Waals surface area contributed by atoms with Gasteiger partial charge < -0.3 is 9.32 Å². The molecule has 0 amide bonds. The number of anilines is 3. The summed E-state index contributed by atoms with van der Waals surface area (Å²) in [4.78, 5) is 2.45. The number of hydrogen-bond acceptors (Lipinski definition) is 2. The first kappa shape index (κ1) is 26.8. The quantitative estimate of drug-likeness (QED) is 0.184. The molecule has 0 unspecified atom stereocenters. The van der Waals surface area contributed by atoms with Crippen LogP contribution in [0.15, 0.2) is 180 Å². The van der Waals surface area contributed by atoms with Crippen LogP contribution in [-0.4, -0.2) is 0 Å². The van der Waals surface area contributed by atoms with Gasteiger partial charge in [0.2, 0.25) is 0 Å². The Morgan fingerprint density at radius 1 is 0.375 bits per heavy atom. The fourth-order valence-corrected chi connectivity index (χ4v) is 7.60. The van der Waals surface area contributed by atoms with Gasteiger partial charge in [0.05, 0.1) is 16.8 Å². The van der Waals surface area contributed by atoms with Crippen molar-refractivity contribution < 1.29 is 4.42 Å². The molecule has 0 radical (unpaired) electrons. The molecule has 0 bridgehead atoms. The van der Waals surface area contributed by atoms with Gasteiger partial charge in [-0.1, -0.05) is 140 Å². The Morgan fingerprint density at radius 3 is 1.81 bits per heavy atom. The lowest BCUT2D eigenvalue weighted by Crippen LogP contribution is -2.11. The van der Waals surface area contributed by atoms with Gasteiger partial charge in [0.25, 0.3) is 0 Å².